The summed E-state index contributed by atoms with van der Waals surface area (Å²) >= 11 is 1.27. The fourth-order valence-corrected chi connectivity index (χ4v) is 3.69. The van der Waals surface area contributed by atoms with Crippen LogP contribution < -0.4 is 24.3 Å². The van der Waals surface area contributed by atoms with Crippen LogP contribution in [0.15, 0.2) is 47.3 Å². The lowest BCUT2D eigenvalue weighted by atomic mass is 10.2. The number of aromatic nitrogens is 3. The molecule has 2 aromatic carbocycles. The Morgan fingerprint density at radius 3 is 2.32 bits per heavy atom. The zero-order chi connectivity index (χ0) is 19.7. The van der Waals surface area contributed by atoms with Gasteiger partial charge in [-0.3, -0.25) is 4.79 Å². The average Bonchev–Trinajstić information content (AvgIpc) is 3.27. The van der Waals surface area contributed by atoms with E-state index in [4.69, 9.17) is 14.2 Å². The van der Waals surface area contributed by atoms with E-state index in [9.17, 15) is 4.79 Å². The molecule has 0 aliphatic carbocycles. The minimum atomic E-state index is -0.225. The number of hydrogen-bond acceptors (Lipinski definition) is 7. The third-order valence-electron chi connectivity index (χ3n) is 4.25. The lowest BCUT2D eigenvalue weighted by molar-refractivity contribution is 0.402. The van der Waals surface area contributed by atoms with Crippen molar-refractivity contribution in [3.63, 3.8) is 0 Å². The summed E-state index contributed by atoms with van der Waals surface area (Å²) in [7, 11) is 4.79. The maximum Gasteiger partial charge on any atom is 0.291 e. The topological polar surface area (TPSA) is 75.0 Å². The van der Waals surface area contributed by atoms with Crippen LogP contribution in [0, 0.1) is 0 Å². The largest absolute Gasteiger partial charge is 0.497 e. The van der Waals surface area contributed by atoms with Crippen molar-refractivity contribution >= 4 is 22.4 Å². The van der Waals surface area contributed by atoms with E-state index in [2.05, 4.69) is 10.1 Å². The highest BCUT2D eigenvalue weighted by Crippen LogP contribution is 2.25. The summed E-state index contributed by atoms with van der Waals surface area (Å²) in [6, 6.07) is 12.8. The molecule has 0 amide bonds. The molecule has 0 fully saturated rings. The second-order valence-corrected chi connectivity index (χ2v) is 6.89. The zero-order valence-corrected chi connectivity index (χ0v) is 16.3. The highest BCUT2D eigenvalue weighted by molar-refractivity contribution is 7.15. The molecule has 0 saturated heterocycles. The molecule has 0 bridgehead atoms. The molecule has 0 aliphatic rings. The maximum absolute atomic E-state index is 12.8. The highest BCUT2D eigenvalue weighted by atomic mass is 32.1. The summed E-state index contributed by atoms with van der Waals surface area (Å²) in [6.07, 6.45) is 1.76. The second kappa shape index (κ2) is 7.32. The first-order valence-corrected chi connectivity index (χ1v) is 9.22. The van der Waals surface area contributed by atoms with E-state index in [1.807, 2.05) is 30.3 Å². The molecule has 0 saturated carbocycles. The molecule has 0 atom stereocenters. The number of methoxy groups -OCH3 is 3. The molecule has 0 aliphatic heterocycles. The molecule has 7 nitrogen and oxygen atoms in total. The van der Waals surface area contributed by atoms with Gasteiger partial charge in [-0.25, -0.2) is 0 Å². The first-order chi connectivity index (χ1) is 13.6. The Hall–Kier alpha value is -3.39. The molecule has 142 valence electrons. The van der Waals surface area contributed by atoms with E-state index < -0.39 is 0 Å². The minimum absolute atomic E-state index is 0.225. The Bertz CT molecular complexity index is 1250. The Morgan fingerprint density at radius 1 is 0.964 bits per heavy atom. The maximum atomic E-state index is 12.8. The number of ether oxygens (including phenoxy) is 3. The van der Waals surface area contributed by atoms with Gasteiger partial charge >= 0.3 is 0 Å². The minimum Gasteiger partial charge on any atom is -0.497 e. The highest BCUT2D eigenvalue weighted by Gasteiger charge is 2.13. The third kappa shape index (κ3) is 3.18. The summed E-state index contributed by atoms with van der Waals surface area (Å²) in [5.74, 6) is 2.58. The van der Waals surface area contributed by atoms with Crippen LogP contribution in [0.3, 0.4) is 0 Å². The summed E-state index contributed by atoms with van der Waals surface area (Å²) in [4.78, 5) is 17.8. The smallest absolute Gasteiger partial charge is 0.291 e. The summed E-state index contributed by atoms with van der Waals surface area (Å²) < 4.78 is 17.6. The summed E-state index contributed by atoms with van der Waals surface area (Å²) in [5.41, 5.74) is 1.34. The van der Waals surface area contributed by atoms with Crippen LogP contribution in [0.25, 0.3) is 22.4 Å². The quantitative estimate of drug-likeness (QED) is 0.517. The van der Waals surface area contributed by atoms with E-state index in [-0.39, 0.29) is 5.56 Å². The van der Waals surface area contributed by atoms with Crippen molar-refractivity contribution < 1.29 is 14.2 Å². The molecule has 0 unspecified atom stereocenters. The molecule has 4 rings (SSSR count). The van der Waals surface area contributed by atoms with Gasteiger partial charge in [-0.2, -0.15) is 9.50 Å². The average molecular weight is 395 g/mol. The van der Waals surface area contributed by atoms with Crippen molar-refractivity contribution in [2.75, 3.05) is 21.3 Å². The standard InChI is InChI=1S/C20H17N3O4S/c1-25-14-6-4-12(5-7-14)18-21-20-23(22-18)19(24)17(28-20)11-13-10-15(26-2)8-9-16(13)27-3/h4-11H,1-3H3/b17-11-. The van der Waals surface area contributed by atoms with Crippen molar-refractivity contribution in [1.82, 2.24) is 14.6 Å². The van der Waals surface area contributed by atoms with E-state index in [0.29, 0.717) is 26.8 Å². The van der Waals surface area contributed by atoms with Gasteiger partial charge in [0.15, 0.2) is 5.82 Å². The van der Waals surface area contributed by atoms with E-state index in [1.54, 1.807) is 39.5 Å². The number of nitrogens with zero attached hydrogens (tertiary/aromatic N) is 3. The molecule has 8 heteroatoms. The van der Waals surface area contributed by atoms with Crippen molar-refractivity contribution in [3.8, 4) is 28.6 Å². The zero-order valence-electron chi connectivity index (χ0n) is 15.5. The summed E-state index contributed by atoms with van der Waals surface area (Å²) in [5, 5.41) is 4.36. The lowest BCUT2D eigenvalue weighted by Gasteiger charge is -2.06. The molecule has 2 heterocycles. The van der Waals surface area contributed by atoms with Crippen LogP contribution in [0.5, 0.6) is 17.2 Å². The first-order valence-electron chi connectivity index (χ1n) is 8.40. The number of fused-ring (bicyclic) bond motifs is 1. The molecular formula is C20H17N3O4S. The van der Waals surface area contributed by atoms with Crippen LogP contribution in [0.2, 0.25) is 0 Å². The Balaban J connectivity index is 1.78. The van der Waals surface area contributed by atoms with Gasteiger partial charge in [0.2, 0.25) is 4.96 Å². The van der Waals surface area contributed by atoms with Crippen molar-refractivity contribution in [3.05, 3.63) is 62.9 Å². The Labute approximate surface area is 164 Å². The van der Waals surface area contributed by atoms with Gasteiger partial charge in [-0.05, 0) is 48.5 Å². The van der Waals surface area contributed by atoms with Crippen LogP contribution >= 0.6 is 11.3 Å². The first kappa shape index (κ1) is 18.0. The molecule has 4 aromatic rings. The fourth-order valence-electron chi connectivity index (χ4n) is 2.79. The van der Waals surface area contributed by atoms with Crippen molar-refractivity contribution in [2.24, 2.45) is 0 Å². The molecule has 0 radical (unpaired) electrons. The monoisotopic (exact) mass is 395 g/mol. The van der Waals surface area contributed by atoms with Crippen LogP contribution in [-0.4, -0.2) is 35.9 Å². The van der Waals surface area contributed by atoms with E-state index in [0.717, 1.165) is 16.9 Å². The lowest BCUT2D eigenvalue weighted by Crippen LogP contribution is -2.23. The Kier molecular flexibility index (Phi) is 4.70. The van der Waals surface area contributed by atoms with Gasteiger partial charge in [0, 0.05) is 11.1 Å². The molecule has 0 N–H and O–H groups in total. The van der Waals surface area contributed by atoms with Gasteiger partial charge in [0.05, 0.1) is 25.9 Å². The predicted octanol–water partition coefficient (Wildman–Crippen LogP) is 2.39. The van der Waals surface area contributed by atoms with E-state index in [1.165, 1.54) is 15.9 Å². The molecular weight excluding hydrogens is 378 g/mol. The van der Waals surface area contributed by atoms with Gasteiger partial charge in [0.1, 0.15) is 17.2 Å². The third-order valence-corrected chi connectivity index (χ3v) is 5.21. The van der Waals surface area contributed by atoms with Crippen LogP contribution in [0.4, 0.5) is 0 Å². The van der Waals surface area contributed by atoms with Crippen molar-refractivity contribution in [2.45, 2.75) is 0 Å². The Morgan fingerprint density at radius 2 is 1.68 bits per heavy atom. The van der Waals surface area contributed by atoms with Crippen LogP contribution in [0.1, 0.15) is 5.56 Å². The number of thiazole rings is 1. The van der Waals surface area contributed by atoms with Gasteiger partial charge < -0.3 is 14.2 Å². The SMILES string of the molecule is COc1ccc(-c2nc3s/c(=C\c4cc(OC)ccc4OC)c(=O)n3n2)cc1. The molecule has 2 aromatic heterocycles. The molecule has 28 heavy (non-hydrogen) atoms. The number of rotatable bonds is 5. The number of hydrogen-bond donors (Lipinski definition) is 0. The predicted molar refractivity (Wildman–Crippen MR) is 107 cm³/mol. The second-order valence-electron chi connectivity index (χ2n) is 5.88. The van der Waals surface area contributed by atoms with Gasteiger partial charge in [-0.15, -0.1) is 5.10 Å². The van der Waals surface area contributed by atoms with Gasteiger partial charge in [-0.1, -0.05) is 11.3 Å². The van der Waals surface area contributed by atoms with Crippen molar-refractivity contribution in [1.29, 1.82) is 0 Å². The normalized spacial score (nSPS) is 11.8. The van der Waals surface area contributed by atoms with Gasteiger partial charge in [0.25, 0.3) is 5.56 Å². The van der Waals surface area contributed by atoms with Crippen LogP contribution in [-0.2, 0) is 0 Å². The number of benzene rings is 2. The van der Waals surface area contributed by atoms with E-state index >= 15 is 0 Å². The molecule has 0 spiro atoms. The fraction of sp³-hybridized carbons (Fsp3) is 0.150. The summed E-state index contributed by atoms with van der Waals surface area (Å²) in [6.45, 7) is 0.